The van der Waals surface area contributed by atoms with Gasteiger partial charge >= 0.3 is 5.97 Å². The summed E-state index contributed by atoms with van der Waals surface area (Å²) in [6.45, 7) is 4.99. The molecule has 0 aliphatic carbocycles. The van der Waals surface area contributed by atoms with E-state index in [0.29, 0.717) is 6.42 Å². The topological polar surface area (TPSA) is 40.5 Å². The molecule has 4 heteroatoms. The summed E-state index contributed by atoms with van der Waals surface area (Å²) in [6.07, 6.45) is 1.64. The Labute approximate surface area is 151 Å². The number of halogens is 1. The molecule has 126 valence electrons. The molecule has 1 saturated heterocycles. The van der Waals surface area contributed by atoms with Crippen LogP contribution in [-0.4, -0.2) is 28.6 Å². The van der Waals surface area contributed by atoms with Crippen molar-refractivity contribution in [1.29, 1.82) is 0 Å². The van der Waals surface area contributed by atoms with Gasteiger partial charge in [0.05, 0.1) is 6.04 Å². The van der Waals surface area contributed by atoms with Crippen molar-refractivity contribution in [2.45, 2.75) is 38.8 Å². The Kier molecular flexibility index (Phi) is 5.07. The second-order valence-electron chi connectivity index (χ2n) is 6.55. The highest BCUT2D eigenvalue weighted by atomic mass is 79.9. The van der Waals surface area contributed by atoms with Crippen LogP contribution >= 0.6 is 15.9 Å². The third-order valence-corrected chi connectivity index (χ3v) is 5.30. The highest BCUT2D eigenvalue weighted by Crippen LogP contribution is 2.37. The number of nitrogens with zero attached hydrogens (tertiary/aromatic N) is 1. The second kappa shape index (κ2) is 7.08. The largest absolute Gasteiger partial charge is 0.480 e. The van der Waals surface area contributed by atoms with Crippen molar-refractivity contribution in [2.24, 2.45) is 0 Å². The SMILES string of the molecule is Cc1ccc(C)c(C(c2cccc(Br)c2)N2CCCC2C(=O)O)c1. The van der Waals surface area contributed by atoms with Gasteiger partial charge in [0.25, 0.3) is 0 Å². The molecule has 2 aromatic rings. The van der Waals surface area contributed by atoms with Crippen LogP contribution in [0.5, 0.6) is 0 Å². The molecule has 0 radical (unpaired) electrons. The van der Waals surface area contributed by atoms with Gasteiger partial charge in [-0.1, -0.05) is 51.8 Å². The summed E-state index contributed by atoms with van der Waals surface area (Å²) in [4.78, 5) is 13.9. The van der Waals surface area contributed by atoms with Crippen LogP contribution in [0.3, 0.4) is 0 Å². The van der Waals surface area contributed by atoms with Crippen molar-refractivity contribution in [1.82, 2.24) is 4.90 Å². The Morgan fingerprint density at radius 1 is 1.25 bits per heavy atom. The number of benzene rings is 2. The molecule has 2 unspecified atom stereocenters. The molecular formula is C20H22BrNO2. The van der Waals surface area contributed by atoms with Crippen molar-refractivity contribution in [3.63, 3.8) is 0 Å². The molecule has 0 amide bonds. The zero-order valence-electron chi connectivity index (χ0n) is 14.0. The number of carboxylic acid groups (broad SMARTS) is 1. The Bertz CT molecular complexity index is 759. The Morgan fingerprint density at radius 2 is 2.04 bits per heavy atom. The first-order valence-corrected chi connectivity index (χ1v) is 9.08. The zero-order valence-corrected chi connectivity index (χ0v) is 15.6. The zero-order chi connectivity index (χ0) is 17.3. The van der Waals surface area contributed by atoms with Gasteiger partial charge < -0.3 is 5.11 Å². The molecule has 3 rings (SSSR count). The first-order chi connectivity index (χ1) is 11.5. The fraction of sp³-hybridized carbons (Fsp3) is 0.350. The summed E-state index contributed by atoms with van der Waals surface area (Å²) in [5, 5.41) is 9.65. The second-order valence-corrected chi connectivity index (χ2v) is 7.47. The minimum atomic E-state index is -0.724. The van der Waals surface area contributed by atoms with Crippen LogP contribution < -0.4 is 0 Å². The molecule has 0 bridgehead atoms. The molecule has 2 atom stereocenters. The molecular weight excluding hydrogens is 366 g/mol. The summed E-state index contributed by atoms with van der Waals surface area (Å²) in [5.74, 6) is -0.724. The lowest BCUT2D eigenvalue weighted by Gasteiger charge is -2.33. The van der Waals surface area contributed by atoms with E-state index in [-0.39, 0.29) is 6.04 Å². The van der Waals surface area contributed by atoms with E-state index in [4.69, 9.17) is 0 Å². The van der Waals surface area contributed by atoms with Crippen LogP contribution in [0.1, 0.15) is 41.1 Å². The maximum absolute atomic E-state index is 11.7. The van der Waals surface area contributed by atoms with Crippen molar-refractivity contribution < 1.29 is 9.90 Å². The predicted octanol–water partition coefficient (Wildman–Crippen LogP) is 4.70. The van der Waals surface area contributed by atoms with Crippen LogP contribution in [0.25, 0.3) is 0 Å². The van der Waals surface area contributed by atoms with E-state index in [9.17, 15) is 9.90 Å². The van der Waals surface area contributed by atoms with Gasteiger partial charge in [0.2, 0.25) is 0 Å². The lowest BCUT2D eigenvalue weighted by molar-refractivity contribution is -0.142. The van der Waals surface area contributed by atoms with E-state index >= 15 is 0 Å². The number of carboxylic acids is 1. The monoisotopic (exact) mass is 387 g/mol. The van der Waals surface area contributed by atoms with Crippen molar-refractivity contribution in [3.8, 4) is 0 Å². The molecule has 1 aliphatic heterocycles. The molecule has 1 N–H and O–H groups in total. The summed E-state index contributed by atoms with van der Waals surface area (Å²) in [6, 6.07) is 14.2. The van der Waals surface area contributed by atoms with Crippen LogP contribution in [0.15, 0.2) is 46.9 Å². The molecule has 0 saturated carbocycles. The highest BCUT2D eigenvalue weighted by molar-refractivity contribution is 9.10. The van der Waals surface area contributed by atoms with Crippen molar-refractivity contribution in [3.05, 3.63) is 69.2 Å². The average molecular weight is 388 g/mol. The summed E-state index contributed by atoms with van der Waals surface area (Å²) in [7, 11) is 0. The third kappa shape index (κ3) is 3.40. The van der Waals surface area contributed by atoms with Crippen LogP contribution in [-0.2, 0) is 4.79 Å². The van der Waals surface area contributed by atoms with E-state index in [1.54, 1.807) is 0 Å². The van der Waals surface area contributed by atoms with Gasteiger partial charge in [0.15, 0.2) is 0 Å². The van der Waals surface area contributed by atoms with Crippen molar-refractivity contribution in [2.75, 3.05) is 6.54 Å². The van der Waals surface area contributed by atoms with E-state index in [0.717, 1.165) is 23.0 Å². The van der Waals surface area contributed by atoms with Gasteiger partial charge in [-0.2, -0.15) is 0 Å². The van der Waals surface area contributed by atoms with Gasteiger partial charge in [0.1, 0.15) is 6.04 Å². The van der Waals surface area contributed by atoms with E-state index < -0.39 is 12.0 Å². The number of hydrogen-bond acceptors (Lipinski definition) is 2. The minimum Gasteiger partial charge on any atom is -0.480 e. The first-order valence-electron chi connectivity index (χ1n) is 8.28. The molecule has 1 heterocycles. The fourth-order valence-electron chi connectivity index (χ4n) is 3.64. The molecule has 24 heavy (non-hydrogen) atoms. The number of carbonyl (C=O) groups is 1. The standard InChI is InChI=1S/C20H22BrNO2/c1-13-8-9-14(2)17(11-13)19(15-5-3-6-16(21)12-15)22-10-4-7-18(22)20(23)24/h3,5-6,8-9,11-12,18-19H,4,7,10H2,1-2H3,(H,23,24). The number of rotatable bonds is 4. The average Bonchev–Trinajstić information content (AvgIpc) is 3.01. The smallest absolute Gasteiger partial charge is 0.320 e. The van der Waals surface area contributed by atoms with Crippen molar-refractivity contribution >= 4 is 21.9 Å². The molecule has 0 spiro atoms. The molecule has 2 aromatic carbocycles. The van der Waals surface area contributed by atoms with Gasteiger partial charge in [-0.15, -0.1) is 0 Å². The maximum atomic E-state index is 11.7. The quantitative estimate of drug-likeness (QED) is 0.825. The number of likely N-dealkylation sites (tertiary alicyclic amines) is 1. The Balaban J connectivity index is 2.14. The molecule has 3 nitrogen and oxygen atoms in total. The summed E-state index contributed by atoms with van der Waals surface area (Å²) < 4.78 is 1.02. The minimum absolute atomic E-state index is 0.0361. The van der Waals surface area contributed by atoms with E-state index in [1.807, 2.05) is 12.1 Å². The van der Waals surface area contributed by atoms with E-state index in [1.165, 1.54) is 16.7 Å². The summed E-state index contributed by atoms with van der Waals surface area (Å²) in [5.41, 5.74) is 4.72. The van der Waals surface area contributed by atoms with Crippen LogP contribution in [0.2, 0.25) is 0 Å². The highest BCUT2D eigenvalue weighted by Gasteiger charge is 2.37. The third-order valence-electron chi connectivity index (χ3n) is 4.80. The summed E-state index contributed by atoms with van der Waals surface area (Å²) >= 11 is 3.55. The van der Waals surface area contributed by atoms with E-state index in [2.05, 4.69) is 65.0 Å². The number of hydrogen-bond donors (Lipinski definition) is 1. The predicted molar refractivity (Wildman–Crippen MR) is 99.3 cm³/mol. The number of aryl methyl sites for hydroxylation is 2. The van der Waals surface area contributed by atoms with Gasteiger partial charge in [-0.05, 0) is 55.5 Å². The normalized spacial score (nSPS) is 19.4. The number of aliphatic carboxylic acids is 1. The lowest BCUT2D eigenvalue weighted by Crippen LogP contribution is -2.39. The van der Waals surface area contributed by atoms with Crippen LogP contribution in [0, 0.1) is 13.8 Å². The fourth-order valence-corrected chi connectivity index (χ4v) is 4.06. The van der Waals surface area contributed by atoms with Gasteiger partial charge in [-0.25, -0.2) is 0 Å². The first kappa shape index (κ1) is 17.2. The maximum Gasteiger partial charge on any atom is 0.320 e. The van der Waals surface area contributed by atoms with Gasteiger partial charge in [-0.3, -0.25) is 9.69 Å². The lowest BCUT2D eigenvalue weighted by atomic mass is 9.92. The van der Waals surface area contributed by atoms with Gasteiger partial charge in [0, 0.05) is 11.0 Å². The molecule has 1 fully saturated rings. The molecule has 1 aliphatic rings. The Morgan fingerprint density at radius 3 is 2.75 bits per heavy atom. The Hall–Kier alpha value is -1.65. The van der Waals surface area contributed by atoms with Crippen LogP contribution in [0.4, 0.5) is 0 Å². The molecule has 0 aromatic heterocycles.